The summed E-state index contributed by atoms with van der Waals surface area (Å²) in [6.45, 7) is 3.57. The number of nitrogens with two attached hydrogens (primary N) is 1. The highest BCUT2D eigenvalue weighted by atomic mass is 127. The number of nitrogens with zero attached hydrogens (tertiary/aromatic N) is 1. The van der Waals surface area contributed by atoms with E-state index in [0.717, 1.165) is 18.5 Å². The van der Waals surface area contributed by atoms with Crippen molar-refractivity contribution < 1.29 is 9.47 Å². The Hall–Kier alpha value is -1.18. The third kappa shape index (κ3) is 7.40. The average molecular weight is 407 g/mol. The Balaban J connectivity index is 0.00000400. The van der Waals surface area contributed by atoms with Gasteiger partial charge in [0.1, 0.15) is 0 Å². The first-order valence-corrected chi connectivity index (χ1v) is 6.96. The molecule has 120 valence electrons. The van der Waals surface area contributed by atoms with Crippen molar-refractivity contribution in [3.05, 3.63) is 23.8 Å². The van der Waals surface area contributed by atoms with Crippen LogP contribution in [0.1, 0.15) is 31.7 Å². The van der Waals surface area contributed by atoms with E-state index in [2.05, 4.69) is 17.2 Å². The maximum atomic E-state index is 5.81. The first kappa shape index (κ1) is 19.8. The number of unbranched alkanes of at least 4 members (excludes halogenated alkanes) is 2. The van der Waals surface area contributed by atoms with Crippen LogP contribution in [0.4, 0.5) is 0 Å². The summed E-state index contributed by atoms with van der Waals surface area (Å²) >= 11 is 0. The summed E-state index contributed by atoms with van der Waals surface area (Å²) in [6.07, 6.45) is 3.52. The third-order valence-corrected chi connectivity index (χ3v) is 2.97. The lowest BCUT2D eigenvalue weighted by atomic mass is 10.2. The molecule has 6 heteroatoms. The second-order valence-electron chi connectivity index (χ2n) is 4.52. The van der Waals surface area contributed by atoms with Crippen LogP contribution in [0.15, 0.2) is 23.2 Å². The first-order valence-electron chi connectivity index (χ1n) is 6.96. The van der Waals surface area contributed by atoms with Crippen LogP contribution in [0.3, 0.4) is 0 Å². The van der Waals surface area contributed by atoms with Gasteiger partial charge in [-0.05, 0) is 24.1 Å². The lowest BCUT2D eigenvalue weighted by Crippen LogP contribution is -2.32. The maximum Gasteiger partial charge on any atom is 0.188 e. The Labute approximate surface area is 144 Å². The molecule has 0 heterocycles. The predicted octanol–water partition coefficient (Wildman–Crippen LogP) is 2.92. The van der Waals surface area contributed by atoms with Crippen LogP contribution < -0.4 is 20.5 Å². The quantitative estimate of drug-likeness (QED) is 0.301. The minimum absolute atomic E-state index is 0. The predicted molar refractivity (Wildman–Crippen MR) is 97.8 cm³/mol. The maximum absolute atomic E-state index is 5.81. The molecule has 1 rings (SSSR count). The Morgan fingerprint density at radius 3 is 2.52 bits per heavy atom. The minimum Gasteiger partial charge on any atom is -0.493 e. The van der Waals surface area contributed by atoms with Crippen molar-refractivity contribution in [2.24, 2.45) is 10.7 Å². The minimum atomic E-state index is 0. The summed E-state index contributed by atoms with van der Waals surface area (Å²) in [7, 11) is 3.24. The highest BCUT2D eigenvalue weighted by molar-refractivity contribution is 14.0. The van der Waals surface area contributed by atoms with E-state index < -0.39 is 0 Å². The fourth-order valence-corrected chi connectivity index (χ4v) is 1.80. The third-order valence-electron chi connectivity index (χ3n) is 2.97. The standard InChI is InChI=1S/C15H25N3O2.HI/c1-4-5-6-9-17-15(16)18-11-12-7-8-13(19-2)14(10-12)20-3;/h7-8,10H,4-6,9,11H2,1-3H3,(H3,16,17,18);1H. The van der Waals surface area contributed by atoms with E-state index in [0.29, 0.717) is 24.0 Å². The van der Waals surface area contributed by atoms with E-state index in [1.807, 2.05) is 18.2 Å². The Morgan fingerprint density at radius 2 is 1.90 bits per heavy atom. The summed E-state index contributed by atoms with van der Waals surface area (Å²) in [6, 6.07) is 5.73. The van der Waals surface area contributed by atoms with Crippen LogP contribution in [-0.4, -0.2) is 26.7 Å². The van der Waals surface area contributed by atoms with Crippen LogP contribution in [0, 0.1) is 0 Å². The lowest BCUT2D eigenvalue weighted by molar-refractivity contribution is 0.354. The number of methoxy groups -OCH3 is 2. The van der Waals surface area contributed by atoms with Crippen LogP contribution in [-0.2, 0) is 6.54 Å². The molecule has 0 spiro atoms. The molecule has 5 nitrogen and oxygen atoms in total. The second kappa shape index (κ2) is 11.5. The molecule has 0 aliphatic heterocycles. The molecule has 0 saturated carbocycles. The zero-order chi connectivity index (χ0) is 14.8. The molecule has 0 radical (unpaired) electrons. The number of aliphatic imine (C=N–C) groups is 1. The van der Waals surface area contributed by atoms with E-state index in [-0.39, 0.29) is 24.0 Å². The zero-order valence-corrected chi connectivity index (χ0v) is 15.3. The number of rotatable bonds is 8. The molecule has 0 aliphatic rings. The van der Waals surface area contributed by atoms with Gasteiger partial charge < -0.3 is 20.5 Å². The fourth-order valence-electron chi connectivity index (χ4n) is 1.80. The van der Waals surface area contributed by atoms with Gasteiger partial charge in [-0.2, -0.15) is 0 Å². The Bertz CT molecular complexity index is 439. The largest absolute Gasteiger partial charge is 0.493 e. The summed E-state index contributed by atoms with van der Waals surface area (Å²) in [4.78, 5) is 4.31. The van der Waals surface area contributed by atoms with Crippen molar-refractivity contribution in [3.8, 4) is 11.5 Å². The molecule has 0 saturated heterocycles. The lowest BCUT2D eigenvalue weighted by Gasteiger charge is -2.09. The highest BCUT2D eigenvalue weighted by Crippen LogP contribution is 2.27. The van der Waals surface area contributed by atoms with Crippen molar-refractivity contribution in [3.63, 3.8) is 0 Å². The Kier molecular flexibility index (Phi) is 10.8. The summed E-state index contributed by atoms with van der Waals surface area (Å²) in [5.74, 6) is 1.90. The molecule has 0 aliphatic carbocycles. The number of ether oxygens (including phenoxy) is 2. The van der Waals surface area contributed by atoms with Gasteiger partial charge in [-0.25, -0.2) is 4.99 Å². The van der Waals surface area contributed by atoms with E-state index in [1.54, 1.807) is 14.2 Å². The highest BCUT2D eigenvalue weighted by Gasteiger charge is 2.04. The average Bonchev–Trinajstić information content (AvgIpc) is 2.49. The molecule has 0 fully saturated rings. The first-order chi connectivity index (χ1) is 9.71. The second-order valence-corrected chi connectivity index (χ2v) is 4.52. The van der Waals surface area contributed by atoms with Gasteiger partial charge in [-0.1, -0.05) is 25.8 Å². The molecule has 1 aromatic rings. The topological polar surface area (TPSA) is 68.9 Å². The molecular weight excluding hydrogens is 381 g/mol. The molecule has 0 aromatic heterocycles. The number of hydrogen-bond acceptors (Lipinski definition) is 3. The molecule has 21 heavy (non-hydrogen) atoms. The number of guanidine groups is 1. The van der Waals surface area contributed by atoms with Crippen molar-refractivity contribution in [2.75, 3.05) is 20.8 Å². The van der Waals surface area contributed by atoms with Crippen molar-refractivity contribution in [2.45, 2.75) is 32.7 Å². The van der Waals surface area contributed by atoms with Gasteiger partial charge in [-0.3, -0.25) is 0 Å². The SMILES string of the molecule is CCCCCNC(N)=NCc1ccc(OC)c(OC)c1.I. The van der Waals surface area contributed by atoms with E-state index in [9.17, 15) is 0 Å². The van der Waals surface area contributed by atoms with E-state index in [1.165, 1.54) is 12.8 Å². The van der Waals surface area contributed by atoms with Gasteiger partial charge in [0.25, 0.3) is 0 Å². The molecule has 0 bridgehead atoms. The number of benzene rings is 1. The van der Waals surface area contributed by atoms with Gasteiger partial charge in [-0.15, -0.1) is 24.0 Å². The van der Waals surface area contributed by atoms with Crippen molar-refractivity contribution >= 4 is 29.9 Å². The monoisotopic (exact) mass is 407 g/mol. The molecule has 1 aromatic carbocycles. The van der Waals surface area contributed by atoms with Crippen LogP contribution in [0.2, 0.25) is 0 Å². The van der Waals surface area contributed by atoms with Crippen LogP contribution in [0.5, 0.6) is 11.5 Å². The molecule has 0 unspecified atom stereocenters. The fraction of sp³-hybridized carbons (Fsp3) is 0.533. The summed E-state index contributed by atoms with van der Waals surface area (Å²) in [5, 5.41) is 3.11. The number of nitrogens with one attached hydrogen (secondary N) is 1. The zero-order valence-electron chi connectivity index (χ0n) is 13.0. The summed E-state index contributed by atoms with van der Waals surface area (Å²) in [5.41, 5.74) is 6.84. The van der Waals surface area contributed by atoms with Crippen LogP contribution in [0.25, 0.3) is 0 Å². The molecule has 3 N–H and O–H groups in total. The number of hydrogen-bond donors (Lipinski definition) is 2. The van der Waals surface area contributed by atoms with Crippen molar-refractivity contribution in [1.29, 1.82) is 0 Å². The molecule has 0 atom stereocenters. The molecular formula is C15H26IN3O2. The van der Waals surface area contributed by atoms with Gasteiger partial charge in [0.2, 0.25) is 0 Å². The normalized spacial score (nSPS) is 10.7. The summed E-state index contributed by atoms with van der Waals surface area (Å²) < 4.78 is 10.5. The van der Waals surface area contributed by atoms with E-state index >= 15 is 0 Å². The van der Waals surface area contributed by atoms with Crippen LogP contribution >= 0.6 is 24.0 Å². The number of halogens is 1. The van der Waals surface area contributed by atoms with Crippen molar-refractivity contribution in [1.82, 2.24) is 5.32 Å². The van der Waals surface area contributed by atoms with Gasteiger partial charge >= 0.3 is 0 Å². The van der Waals surface area contributed by atoms with E-state index in [4.69, 9.17) is 15.2 Å². The van der Waals surface area contributed by atoms with Gasteiger partial charge in [0.05, 0.1) is 20.8 Å². The van der Waals surface area contributed by atoms with Gasteiger partial charge in [0.15, 0.2) is 17.5 Å². The molecule has 0 amide bonds. The Morgan fingerprint density at radius 1 is 1.19 bits per heavy atom. The smallest absolute Gasteiger partial charge is 0.188 e. The van der Waals surface area contributed by atoms with Gasteiger partial charge in [0, 0.05) is 6.54 Å².